The zero-order valence-electron chi connectivity index (χ0n) is 13.7. The first-order valence-electron chi connectivity index (χ1n) is 7.46. The number of nitrogens with one attached hydrogen (secondary N) is 1. The number of halogens is 1. The van der Waals surface area contributed by atoms with Gasteiger partial charge in [-0.1, -0.05) is 29.8 Å². The van der Waals surface area contributed by atoms with Crippen LogP contribution >= 0.6 is 11.6 Å². The minimum atomic E-state index is -3.73. The molecule has 2 aromatic rings. The van der Waals surface area contributed by atoms with Gasteiger partial charge in [-0.05, 0) is 38.1 Å². The van der Waals surface area contributed by atoms with E-state index in [2.05, 4.69) is 4.72 Å². The molecular weight excluding hydrogens is 350 g/mol. The highest BCUT2D eigenvalue weighted by atomic mass is 35.5. The first-order chi connectivity index (χ1) is 11.4. The summed E-state index contributed by atoms with van der Waals surface area (Å²) >= 11 is 6.08. The Morgan fingerprint density at radius 3 is 2.50 bits per heavy atom. The van der Waals surface area contributed by atoms with Crippen molar-refractivity contribution in [2.45, 2.75) is 24.8 Å². The molecule has 0 saturated carbocycles. The SMILES string of the molecule is CCOc1ccc(S(=O)(=O)N[C@@H](C)c2ccccc2OC)cc1Cl. The first-order valence-corrected chi connectivity index (χ1v) is 9.32. The summed E-state index contributed by atoms with van der Waals surface area (Å²) in [7, 11) is -2.18. The van der Waals surface area contributed by atoms with E-state index in [-0.39, 0.29) is 9.92 Å². The van der Waals surface area contributed by atoms with Crippen molar-refractivity contribution >= 4 is 21.6 Å². The van der Waals surface area contributed by atoms with Gasteiger partial charge in [0, 0.05) is 11.6 Å². The van der Waals surface area contributed by atoms with Crippen LogP contribution in [0.15, 0.2) is 47.4 Å². The molecule has 2 rings (SSSR count). The fourth-order valence-corrected chi connectivity index (χ4v) is 3.86. The van der Waals surface area contributed by atoms with Gasteiger partial charge in [-0.3, -0.25) is 0 Å². The Kier molecular flexibility index (Phi) is 6.10. The molecule has 2 aromatic carbocycles. The van der Waals surface area contributed by atoms with Gasteiger partial charge in [-0.15, -0.1) is 0 Å². The standard InChI is InChI=1S/C17H20ClNO4S/c1-4-23-17-10-9-13(11-15(17)18)24(20,21)19-12(2)14-7-5-6-8-16(14)22-3/h5-12,19H,4H2,1-3H3/t12-/m0/s1. The van der Waals surface area contributed by atoms with Gasteiger partial charge in [0.25, 0.3) is 0 Å². The van der Waals surface area contributed by atoms with E-state index in [0.29, 0.717) is 18.1 Å². The van der Waals surface area contributed by atoms with E-state index in [4.69, 9.17) is 21.1 Å². The molecule has 0 bridgehead atoms. The van der Waals surface area contributed by atoms with Crippen molar-refractivity contribution < 1.29 is 17.9 Å². The number of hydrogen-bond acceptors (Lipinski definition) is 4. The number of benzene rings is 2. The van der Waals surface area contributed by atoms with Gasteiger partial charge in [0.15, 0.2) is 0 Å². The molecule has 0 aromatic heterocycles. The minimum absolute atomic E-state index is 0.0812. The zero-order chi connectivity index (χ0) is 17.7. The van der Waals surface area contributed by atoms with Gasteiger partial charge < -0.3 is 9.47 Å². The molecule has 0 aliphatic heterocycles. The van der Waals surface area contributed by atoms with Crippen molar-refractivity contribution in [1.29, 1.82) is 0 Å². The quantitative estimate of drug-likeness (QED) is 0.806. The third-order valence-electron chi connectivity index (χ3n) is 3.45. The van der Waals surface area contributed by atoms with Crippen LogP contribution in [0.5, 0.6) is 11.5 Å². The van der Waals surface area contributed by atoms with Crippen LogP contribution in [0.1, 0.15) is 25.5 Å². The predicted octanol–water partition coefficient (Wildman–Crippen LogP) is 3.79. The van der Waals surface area contributed by atoms with E-state index in [0.717, 1.165) is 5.56 Å². The summed E-state index contributed by atoms with van der Waals surface area (Å²) < 4.78 is 38.4. The molecule has 1 atom stereocenters. The maximum absolute atomic E-state index is 12.6. The van der Waals surface area contributed by atoms with E-state index < -0.39 is 16.1 Å². The molecule has 0 unspecified atom stereocenters. The molecule has 5 nitrogen and oxygen atoms in total. The highest BCUT2D eigenvalue weighted by Crippen LogP contribution is 2.29. The Labute approximate surface area is 147 Å². The highest BCUT2D eigenvalue weighted by Gasteiger charge is 2.21. The lowest BCUT2D eigenvalue weighted by atomic mass is 10.1. The Morgan fingerprint density at radius 1 is 1.17 bits per heavy atom. The van der Waals surface area contributed by atoms with Gasteiger partial charge in [0.1, 0.15) is 11.5 Å². The molecule has 0 spiro atoms. The molecule has 0 aliphatic carbocycles. The predicted molar refractivity (Wildman–Crippen MR) is 94.4 cm³/mol. The van der Waals surface area contributed by atoms with Gasteiger partial charge in [0.05, 0.1) is 23.6 Å². The van der Waals surface area contributed by atoms with E-state index in [1.54, 1.807) is 26.2 Å². The van der Waals surface area contributed by atoms with E-state index in [1.807, 2.05) is 25.1 Å². The molecule has 0 radical (unpaired) electrons. The molecule has 0 amide bonds. The highest BCUT2D eigenvalue weighted by molar-refractivity contribution is 7.89. The molecule has 24 heavy (non-hydrogen) atoms. The van der Waals surface area contributed by atoms with Crippen LogP contribution in [-0.4, -0.2) is 22.1 Å². The maximum Gasteiger partial charge on any atom is 0.241 e. The van der Waals surface area contributed by atoms with Gasteiger partial charge >= 0.3 is 0 Å². The molecule has 0 saturated heterocycles. The summed E-state index contributed by atoms with van der Waals surface area (Å²) in [4.78, 5) is 0.0812. The van der Waals surface area contributed by atoms with Crippen LogP contribution < -0.4 is 14.2 Å². The Bertz CT molecular complexity index is 808. The molecule has 0 heterocycles. The maximum atomic E-state index is 12.6. The van der Waals surface area contributed by atoms with Crippen molar-refractivity contribution in [2.24, 2.45) is 0 Å². The van der Waals surface area contributed by atoms with Crippen LogP contribution in [0.25, 0.3) is 0 Å². The van der Waals surface area contributed by atoms with E-state index >= 15 is 0 Å². The zero-order valence-corrected chi connectivity index (χ0v) is 15.3. The second-order valence-corrected chi connectivity index (χ2v) is 7.23. The van der Waals surface area contributed by atoms with Crippen LogP contribution in [0, 0.1) is 0 Å². The lowest BCUT2D eigenvalue weighted by molar-refractivity contribution is 0.340. The fraction of sp³-hybridized carbons (Fsp3) is 0.294. The van der Waals surface area contributed by atoms with Gasteiger partial charge in [-0.25, -0.2) is 13.1 Å². The summed E-state index contributed by atoms with van der Waals surface area (Å²) in [6, 6.07) is 11.2. The van der Waals surface area contributed by atoms with E-state index in [9.17, 15) is 8.42 Å². The second kappa shape index (κ2) is 7.88. The average Bonchev–Trinajstić information content (AvgIpc) is 2.56. The van der Waals surface area contributed by atoms with Gasteiger partial charge in [0.2, 0.25) is 10.0 Å². The smallest absolute Gasteiger partial charge is 0.241 e. The largest absolute Gasteiger partial charge is 0.496 e. The number of hydrogen-bond donors (Lipinski definition) is 1. The third kappa shape index (κ3) is 4.20. The third-order valence-corrected chi connectivity index (χ3v) is 5.28. The number of rotatable bonds is 7. The number of ether oxygens (including phenoxy) is 2. The van der Waals surface area contributed by atoms with E-state index in [1.165, 1.54) is 12.1 Å². The molecule has 0 aliphatic rings. The van der Waals surface area contributed by atoms with Crippen molar-refractivity contribution in [2.75, 3.05) is 13.7 Å². The normalized spacial score (nSPS) is 12.7. The number of para-hydroxylation sites is 1. The molecule has 1 N–H and O–H groups in total. The van der Waals surface area contributed by atoms with Crippen LogP contribution in [0.2, 0.25) is 5.02 Å². The Hall–Kier alpha value is -1.76. The lowest BCUT2D eigenvalue weighted by Gasteiger charge is -2.17. The van der Waals surface area contributed by atoms with Gasteiger partial charge in [-0.2, -0.15) is 0 Å². The first kappa shape index (κ1) is 18.6. The van der Waals surface area contributed by atoms with Crippen molar-refractivity contribution in [3.05, 3.63) is 53.1 Å². The van der Waals surface area contributed by atoms with Crippen LogP contribution in [0.3, 0.4) is 0 Å². The fourth-order valence-electron chi connectivity index (χ4n) is 2.31. The van der Waals surface area contributed by atoms with Crippen molar-refractivity contribution in [3.8, 4) is 11.5 Å². The monoisotopic (exact) mass is 369 g/mol. The van der Waals surface area contributed by atoms with Crippen molar-refractivity contribution in [1.82, 2.24) is 4.72 Å². The van der Waals surface area contributed by atoms with Crippen LogP contribution in [-0.2, 0) is 10.0 Å². The second-order valence-electron chi connectivity index (χ2n) is 5.11. The average molecular weight is 370 g/mol. The summed E-state index contributed by atoms with van der Waals surface area (Å²) in [6.45, 7) is 4.04. The molecule has 7 heteroatoms. The van der Waals surface area contributed by atoms with Crippen molar-refractivity contribution in [3.63, 3.8) is 0 Å². The summed E-state index contributed by atoms with van der Waals surface area (Å²) in [6.07, 6.45) is 0. The Balaban J connectivity index is 2.26. The number of methoxy groups -OCH3 is 1. The molecular formula is C17H20ClNO4S. The summed E-state index contributed by atoms with van der Waals surface area (Å²) in [5.74, 6) is 1.08. The molecule has 0 fully saturated rings. The minimum Gasteiger partial charge on any atom is -0.496 e. The number of sulfonamides is 1. The topological polar surface area (TPSA) is 64.6 Å². The summed E-state index contributed by atoms with van der Waals surface area (Å²) in [5, 5.41) is 0.254. The Morgan fingerprint density at radius 2 is 1.88 bits per heavy atom. The lowest BCUT2D eigenvalue weighted by Crippen LogP contribution is -2.27. The molecule has 130 valence electrons. The van der Waals surface area contributed by atoms with Crippen LogP contribution in [0.4, 0.5) is 0 Å². The summed E-state index contributed by atoms with van der Waals surface area (Å²) in [5.41, 5.74) is 0.751.